The van der Waals surface area contributed by atoms with Gasteiger partial charge < -0.3 is 5.32 Å². The second kappa shape index (κ2) is 6.85. The van der Waals surface area contributed by atoms with Gasteiger partial charge in [-0.15, -0.1) is 11.3 Å². The highest BCUT2D eigenvalue weighted by molar-refractivity contribution is 7.16. The third kappa shape index (κ3) is 4.14. The first kappa shape index (κ1) is 15.7. The predicted molar refractivity (Wildman–Crippen MR) is 85.6 cm³/mol. The maximum atomic E-state index is 12.2. The van der Waals surface area contributed by atoms with Crippen molar-refractivity contribution in [3.05, 3.63) is 28.1 Å². The number of thiophene rings is 1. The number of amides is 1. The molecule has 21 heavy (non-hydrogen) atoms. The Kier molecular flexibility index (Phi) is 5.12. The third-order valence-electron chi connectivity index (χ3n) is 3.35. The first-order chi connectivity index (χ1) is 9.97. The highest BCUT2D eigenvalue weighted by Gasteiger charge is 2.11. The quantitative estimate of drug-likeness (QED) is 0.891. The number of fused-ring (bicyclic) bond motifs is 1. The van der Waals surface area contributed by atoms with Gasteiger partial charge in [-0.05, 0) is 37.1 Å². The standard InChI is InChI=1S/C15H21N3O2S/c1-10(2)4-5-11(3)17-13(19)8-18-9-16-14-12(15(18)20)6-7-21-14/h6-7,9-11H,4-5,8H2,1-3H3,(H,17,19)/t11-/m1/s1. The van der Waals surface area contributed by atoms with E-state index in [0.717, 1.165) is 12.8 Å². The highest BCUT2D eigenvalue weighted by Crippen LogP contribution is 2.13. The predicted octanol–water partition coefficient (Wildman–Crippen LogP) is 2.40. The Hall–Kier alpha value is -1.69. The van der Waals surface area contributed by atoms with Gasteiger partial charge in [-0.3, -0.25) is 14.2 Å². The molecule has 0 aliphatic rings. The Morgan fingerprint density at radius 2 is 2.14 bits per heavy atom. The molecule has 114 valence electrons. The molecule has 2 rings (SSSR count). The fourth-order valence-corrected chi connectivity index (χ4v) is 2.86. The fourth-order valence-electron chi connectivity index (χ4n) is 2.14. The van der Waals surface area contributed by atoms with Gasteiger partial charge in [0, 0.05) is 6.04 Å². The minimum atomic E-state index is -0.161. The summed E-state index contributed by atoms with van der Waals surface area (Å²) in [5, 5.41) is 5.33. The van der Waals surface area contributed by atoms with Gasteiger partial charge in [0.25, 0.3) is 5.56 Å². The Morgan fingerprint density at radius 1 is 1.38 bits per heavy atom. The summed E-state index contributed by atoms with van der Waals surface area (Å²) in [6.45, 7) is 6.33. The number of hydrogen-bond acceptors (Lipinski definition) is 4. The molecule has 0 bridgehead atoms. The van der Waals surface area contributed by atoms with E-state index in [9.17, 15) is 9.59 Å². The van der Waals surface area contributed by atoms with Crippen molar-refractivity contribution in [1.29, 1.82) is 0 Å². The highest BCUT2D eigenvalue weighted by atomic mass is 32.1. The Bertz CT molecular complexity index is 675. The molecule has 0 saturated carbocycles. The lowest BCUT2D eigenvalue weighted by atomic mass is 10.0. The van der Waals surface area contributed by atoms with Gasteiger partial charge in [0.2, 0.25) is 5.91 Å². The summed E-state index contributed by atoms with van der Waals surface area (Å²) >= 11 is 1.42. The van der Waals surface area contributed by atoms with Crippen molar-refractivity contribution in [3.8, 4) is 0 Å². The number of rotatable bonds is 6. The Labute approximate surface area is 128 Å². The second-order valence-corrected chi connectivity index (χ2v) is 6.65. The van der Waals surface area contributed by atoms with Crippen molar-refractivity contribution in [1.82, 2.24) is 14.9 Å². The summed E-state index contributed by atoms with van der Waals surface area (Å²) in [5.41, 5.74) is -0.161. The molecule has 2 aromatic rings. The van der Waals surface area contributed by atoms with Crippen LogP contribution in [0.1, 0.15) is 33.6 Å². The summed E-state index contributed by atoms with van der Waals surface area (Å²) in [5.74, 6) is 0.474. The van der Waals surface area contributed by atoms with Gasteiger partial charge >= 0.3 is 0 Å². The largest absolute Gasteiger partial charge is 0.352 e. The number of carbonyl (C=O) groups excluding carboxylic acids is 1. The summed E-state index contributed by atoms with van der Waals surface area (Å²) in [7, 11) is 0. The van der Waals surface area contributed by atoms with E-state index in [1.165, 1.54) is 22.2 Å². The van der Waals surface area contributed by atoms with Gasteiger partial charge in [-0.2, -0.15) is 0 Å². The number of carbonyl (C=O) groups is 1. The molecule has 1 atom stereocenters. The van der Waals surface area contributed by atoms with Crippen LogP contribution < -0.4 is 10.9 Å². The van der Waals surface area contributed by atoms with Crippen molar-refractivity contribution in [2.24, 2.45) is 5.92 Å². The van der Waals surface area contributed by atoms with Gasteiger partial charge in [0.15, 0.2) is 0 Å². The molecule has 0 aliphatic heterocycles. The van der Waals surface area contributed by atoms with E-state index in [-0.39, 0.29) is 24.1 Å². The summed E-state index contributed by atoms with van der Waals surface area (Å²) < 4.78 is 1.36. The van der Waals surface area contributed by atoms with Gasteiger partial charge in [-0.1, -0.05) is 13.8 Å². The third-order valence-corrected chi connectivity index (χ3v) is 4.17. The van der Waals surface area contributed by atoms with E-state index in [1.54, 1.807) is 6.07 Å². The molecule has 6 heteroatoms. The van der Waals surface area contributed by atoms with Crippen molar-refractivity contribution in [3.63, 3.8) is 0 Å². The fraction of sp³-hybridized carbons (Fsp3) is 0.533. The molecule has 0 saturated heterocycles. The van der Waals surface area contributed by atoms with Crippen LogP contribution in [-0.4, -0.2) is 21.5 Å². The molecule has 0 spiro atoms. The summed E-state index contributed by atoms with van der Waals surface area (Å²) in [6, 6.07) is 1.86. The van der Waals surface area contributed by atoms with Gasteiger partial charge in [-0.25, -0.2) is 4.98 Å². The average Bonchev–Trinajstić information content (AvgIpc) is 2.89. The maximum Gasteiger partial charge on any atom is 0.262 e. The van der Waals surface area contributed by atoms with Crippen LogP contribution in [0.5, 0.6) is 0 Å². The normalized spacial score (nSPS) is 12.8. The van der Waals surface area contributed by atoms with E-state index in [2.05, 4.69) is 24.1 Å². The van der Waals surface area contributed by atoms with Gasteiger partial charge in [0.1, 0.15) is 11.4 Å². The first-order valence-electron chi connectivity index (χ1n) is 7.19. The van der Waals surface area contributed by atoms with E-state index in [0.29, 0.717) is 16.1 Å². The van der Waals surface area contributed by atoms with Crippen LogP contribution in [0.4, 0.5) is 0 Å². The zero-order chi connectivity index (χ0) is 15.4. The van der Waals surface area contributed by atoms with E-state index >= 15 is 0 Å². The molecule has 0 fully saturated rings. The van der Waals surface area contributed by atoms with Crippen LogP contribution in [0.25, 0.3) is 10.2 Å². The summed E-state index contributed by atoms with van der Waals surface area (Å²) in [6.07, 6.45) is 3.46. The van der Waals surface area contributed by atoms with E-state index < -0.39 is 0 Å². The van der Waals surface area contributed by atoms with Crippen LogP contribution in [0.15, 0.2) is 22.6 Å². The van der Waals surface area contributed by atoms with Gasteiger partial charge in [0.05, 0.1) is 11.7 Å². The first-order valence-corrected chi connectivity index (χ1v) is 8.07. The molecular weight excluding hydrogens is 286 g/mol. The molecule has 0 unspecified atom stereocenters. The minimum absolute atomic E-state index is 0.0175. The molecule has 2 aromatic heterocycles. The molecule has 1 amide bonds. The lowest BCUT2D eigenvalue weighted by Gasteiger charge is -2.15. The topological polar surface area (TPSA) is 64.0 Å². The Balaban J connectivity index is 1.98. The van der Waals surface area contributed by atoms with Crippen LogP contribution in [-0.2, 0) is 11.3 Å². The number of aromatic nitrogens is 2. The lowest BCUT2D eigenvalue weighted by molar-refractivity contribution is -0.122. The zero-order valence-electron chi connectivity index (χ0n) is 12.6. The summed E-state index contributed by atoms with van der Waals surface area (Å²) in [4.78, 5) is 29.1. The second-order valence-electron chi connectivity index (χ2n) is 5.76. The minimum Gasteiger partial charge on any atom is -0.352 e. The molecule has 0 radical (unpaired) electrons. The molecular formula is C15H21N3O2S. The van der Waals surface area contributed by atoms with E-state index in [4.69, 9.17) is 0 Å². The molecule has 2 heterocycles. The maximum absolute atomic E-state index is 12.2. The number of nitrogens with zero attached hydrogens (tertiary/aromatic N) is 2. The van der Waals surface area contributed by atoms with Crippen molar-refractivity contribution in [2.45, 2.75) is 46.2 Å². The molecule has 0 aliphatic carbocycles. The molecule has 0 aromatic carbocycles. The number of nitrogens with one attached hydrogen (secondary N) is 1. The smallest absolute Gasteiger partial charge is 0.262 e. The lowest BCUT2D eigenvalue weighted by Crippen LogP contribution is -2.37. The number of hydrogen-bond donors (Lipinski definition) is 1. The zero-order valence-corrected chi connectivity index (χ0v) is 13.4. The van der Waals surface area contributed by atoms with Crippen molar-refractivity contribution < 1.29 is 4.79 Å². The van der Waals surface area contributed by atoms with Crippen LogP contribution >= 0.6 is 11.3 Å². The Morgan fingerprint density at radius 3 is 2.86 bits per heavy atom. The van der Waals surface area contributed by atoms with Crippen LogP contribution in [0.2, 0.25) is 0 Å². The van der Waals surface area contributed by atoms with Crippen LogP contribution in [0.3, 0.4) is 0 Å². The van der Waals surface area contributed by atoms with Crippen LogP contribution in [0, 0.1) is 5.92 Å². The van der Waals surface area contributed by atoms with E-state index in [1.807, 2.05) is 12.3 Å². The van der Waals surface area contributed by atoms with Crippen molar-refractivity contribution in [2.75, 3.05) is 0 Å². The molecule has 5 nitrogen and oxygen atoms in total. The average molecular weight is 307 g/mol. The molecule has 1 N–H and O–H groups in total. The monoisotopic (exact) mass is 307 g/mol. The van der Waals surface area contributed by atoms with Crippen molar-refractivity contribution >= 4 is 27.5 Å². The SMILES string of the molecule is CC(C)CC[C@@H](C)NC(=O)Cn1cnc2sccc2c1=O.